The molecule has 0 amide bonds. The summed E-state index contributed by atoms with van der Waals surface area (Å²) in [6.07, 6.45) is 3.38. The predicted molar refractivity (Wildman–Crippen MR) is 88.4 cm³/mol. The summed E-state index contributed by atoms with van der Waals surface area (Å²) in [6, 6.07) is 7.27. The monoisotopic (exact) mass is 348 g/mol. The Balaban J connectivity index is 2.01. The first kappa shape index (κ1) is 15.7. The van der Waals surface area contributed by atoms with E-state index in [1.807, 2.05) is 12.1 Å². The van der Waals surface area contributed by atoms with Crippen LogP contribution in [0.2, 0.25) is 4.34 Å². The number of hydrogen-bond donors (Lipinski definition) is 0. The van der Waals surface area contributed by atoms with Crippen molar-refractivity contribution in [1.29, 1.82) is 0 Å². The van der Waals surface area contributed by atoms with Crippen LogP contribution in [0.15, 0.2) is 41.1 Å². The molecule has 3 aromatic rings. The van der Waals surface area contributed by atoms with E-state index in [1.54, 1.807) is 31.5 Å². The van der Waals surface area contributed by atoms with Gasteiger partial charge in [0.15, 0.2) is 5.76 Å². The summed E-state index contributed by atoms with van der Waals surface area (Å²) in [5, 5.41) is 0. The van der Waals surface area contributed by atoms with E-state index in [1.165, 1.54) is 11.3 Å². The zero-order valence-electron chi connectivity index (χ0n) is 12.3. The maximum Gasteiger partial charge on any atom is 0.312 e. The first-order valence-electron chi connectivity index (χ1n) is 6.98. The standard InChI is InChI=1S/C16H13ClN2O3S/c1-2-21-14(20)8-11-15(10-4-3-7-18-9-10)22-16(19-11)12-5-6-13(17)23-12/h3-7,9H,2,8H2,1H3. The molecule has 118 valence electrons. The Kier molecular flexibility index (Phi) is 4.73. The lowest BCUT2D eigenvalue weighted by Gasteiger charge is -2.01. The van der Waals surface area contributed by atoms with Crippen molar-refractivity contribution in [3.8, 4) is 22.1 Å². The Morgan fingerprint density at radius 1 is 1.39 bits per heavy atom. The Bertz CT molecular complexity index is 814. The van der Waals surface area contributed by atoms with Crippen LogP contribution in [0.3, 0.4) is 0 Å². The summed E-state index contributed by atoms with van der Waals surface area (Å²) in [5.41, 5.74) is 1.28. The van der Waals surface area contributed by atoms with Crippen molar-refractivity contribution in [2.24, 2.45) is 0 Å². The minimum absolute atomic E-state index is 0.0423. The van der Waals surface area contributed by atoms with Gasteiger partial charge in [-0.2, -0.15) is 0 Å². The number of carbonyl (C=O) groups excluding carboxylic acids is 1. The Hall–Kier alpha value is -2.18. The molecule has 0 radical (unpaired) electrons. The van der Waals surface area contributed by atoms with Crippen molar-refractivity contribution in [3.63, 3.8) is 0 Å². The lowest BCUT2D eigenvalue weighted by Crippen LogP contribution is -2.08. The molecular formula is C16H13ClN2O3S. The van der Waals surface area contributed by atoms with E-state index in [0.717, 1.165) is 10.4 Å². The average molecular weight is 349 g/mol. The van der Waals surface area contributed by atoms with Gasteiger partial charge in [0.2, 0.25) is 5.89 Å². The molecule has 0 fully saturated rings. The molecule has 0 N–H and O–H groups in total. The van der Waals surface area contributed by atoms with E-state index in [2.05, 4.69) is 9.97 Å². The van der Waals surface area contributed by atoms with Gasteiger partial charge in [0, 0.05) is 18.0 Å². The highest BCUT2D eigenvalue weighted by Gasteiger charge is 2.20. The molecule has 3 aromatic heterocycles. The van der Waals surface area contributed by atoms with Gasteiger partial charge in [-0.05, 0) is 31.2 Å². The van der Waals surface area contributed by atoms with Crippen molar-refractivity contribution in [2.75, 3.05) is 6.61 Å². The molecule has 0 bridgehead atoms. The van der Waals surface area contributed by atoms with E-state index in [9.17, 15) is 4.79 Å². The number of halogens is 1. The third-order valence-corrected chi connectivity index (χ3v) is 4.24. The molecule has 0 aliphatic carbocycles. The highest BCUT2D eigenvalue weighted by atomic mass is 35.5. The molecule has 0 spiro atoms. The lowest BCUT2D eigenvalue weighted by molar-refractivity contribution is -0.142. The van der Waals surface area contributed by atoms with Crippen LogP contribution in [0.1, 0.15) is 12.6 Å². The number of aromatic nitrogens is 2. The highest BCUT2D eigenvalue weighted by Crippen LogP contribution is 2.34. The van der Waals surface area contributed by atoms with Gasteiger partial charge in [-0.1, -0.05) is 11.6 Å². The Labute approximate surface area is 141 Å². The number of esters is 1. The maximum atomic E-state index is 11.8. The molecule has 0 saturated carbocycles. The molecular weight excluding hydrogens is 336 g/mol. The number of oxazole rings is 1. The third kappa shape index (κ3) is 3.60. The summed E-state index contributed by atoms with van der Waals surface area (Å²) in [6.45, 7) is 2.09. The highest BCUT2D eigenvalue weighted by molar-refractivity contribution is 7.19. The van der Waals surface area contributed by atoms with Crippen LogP contribution in [-0.2, 0) is 16.0 Å². The first-order valence-corrected chi connectivity index (χ1v) is 8.18. The largest absolute Gasteiger partial charge is 0.466 e. The number of thiophene rings is 1. The molecule has 0 aliphatic rings. The second kappa shape index (κ2) is 6.93. The topological polar surface area (TPSA) is 65.2 Å². The summed E-state index contributed by atoms with van der Waals surface area (Å²) < 4.78 is 11.5. The molecule has 23 heavy (non-hydrogen) atoms. The molecule has 3 rings (SSSR count). The van der Waals surface area contributed by atoms with E-state index in [0.29, 0.717) is 28.3 Å². The van der Waals surface area contributed by atoms with Crippen molar-refractivity contribution in [1.82, 2.24) is 9.97 Å². The van der Waals surface area contributed by atoms with E-state index < -0.39 is 0 Å². The SMILES string of the molecule is CCOC(=O)Cc1nc(-c2ccc(Cl)s2)oc1-c1cccnc1. The average Bonchev–Trinajstić information content (AvgIpc) is 3.15. The second-order valence-electron chi connectivity index (χ2n) is 4.62. The lowest BCUT2D eigenvalue weighted by atomic mass is 10.1. The number of hydrogen-bond acceptors (Lipinski definition) is 6. The van der Waals surface area contributed by atoms with Gasteiger partial charge in [0.1, 0.15) is 0 Å². The zero-order valence-corrected chi connectivity index (χ0v) is 13.9. The number of rotatable bonds is 5. The van der Waals surface area contributed by atoms with Gasteiger partial charge in [0.05, 0.1) is 27.9 Å². The number of nitrogens with zero attached hydrogens (tertiary/aromatic N) is 2. The molecule has 0 saturated heterocycles. The van der Waals surface area contributed by atoms with E-state index in [4.69, 9.17) is 20.8 Å². The second-order valence-corrected chi connectivity index (χ2v) is 6.34. The van der Waals surface area contributed by atoms with Crippen LogP contribution in [-0.4, -0.2) is 22.5 Å². The van der Waals surface area contributed by atoms with Crippen molar-refractivity contribution in [2.45, 2.75) is 13.3 Å². The number of ether oxygens (including phenoxy) is 1. The normalized spacial score (nSPS) is 10.7. The Morgan fingerprint density at radius 2 is 2.26 bits per heavy atom. The fourth-order valence-corrected chi connectivity index (χ4v) is 3.05. The molecule has 7 heteroatoms. The zero-order chi connectivity index (χ0) is 16.2. The smallest absolute Gasteiger partial charge is 0.312 e. The summed E-state index contributed by atoms with van der Waals surface area (Å²) in [4.78, 5) is 21.1. The van der Waals surface area contributed by atoms with Gasteiger partial charge >= 0.3 is 5.97 Å². The van der Waals surface area contributed by atoms with Crippen molar-refractivity contribution < 1.29 is 13.9 Å². The van der Waals surface area contributed by atoms with Gasteiger partial charge in [0.25, 0.3) is 0 Å². The minimum atomic E-state index is -0.346. The first-order chi connectivity index (χ1) is 11.2. The third-order valence-electron chi connectivity index (χ3n) is 3.02. The molecule has 3 heterocycles. The van der Waals surface area contributed by atoms with Gasteiger partial charge in [-0.3, -0.25) is 9.78 Å². The predicted octanol–water partition coefficient (Wildman–Crippen LogP) is 4.22. The fourth-order valence-electron chi connectivity index (χ4n) is 2.08. The van der Waals surface area contributed by atoms with Crippen LogP contribution >= 0.6 is 22.9 Å². The van der Waals surface area contributed by atoms with E-state index >= 15 is 0 Å². The van der Waals surface area contributed by atoms with Crippen LogP contribution in [0.5, 0.6) is 0 Å². The summed E-state index contributed by atoms with van der Waals surface area (Å²) in [5.74, 6) is 0.604. The van der Waals surface area contributed by atoms with Crippen LogP contribution in [0.4, 0.5) is 0 Å². The van der Waals surface area contributed by atoms with Gasteiger partial charge in [-0.15, -0.1) is 11.3 Å². The van der Waals surface area contributed by atoms with Crippen molar-refractivity contribution >= 4 is 28.9 Å². The minimum Gasteiger partial charge on any atom is -0.466 e. The summed E-state index contributed by atoms with van der Waals surface area (Å²) in [7, 11) is 0. The number of carbonyl (C=O) groups is 1. The molecule has 0 unspecified atom stereocenters. The fraction of sp³-hybridized carbons (Fsp3) is 0.188. The van der Waals surface area contributed by atoms with Crippen LogP contribution < -0.4 is 0 Å². The van der Waals surface area contributed by atoms with Crippen molar-refractivity contribution in [3.05, 3.63) is 46.7 Å². The van der Waals surface area contributed by atoms with Crippen LogP contribution in [0.25, 0.3) is 22.1 Å². The maximum absolute atomic E-state index is 11.8. The van der Waals surface area contributed by atoms with Crippen LogP contribution in [0, 0.1) is 0 Å². The quantitative estimate of drug-likeness (QED) is 0.646. The molecule has 0 aliphatic heterocycles. The molecule has 5 nitrogen and oxygen atoms in total. The van der Waals surface area contributed by atoms with Gasteiger partial charge < -0.3 is 9.15 Å². The molecule has 0 aromatic carbocycles. The number of pyridine rings is 1. The van der Waals surface area contributed by atoms with E-state index in [-0.39, 0.29) is 12.4 Å². The Morgan fingerprint density at radius 3 is 2.91 bits per heavy atom. The molecule has 0 atom stereocenters. The summed E-state index contributed by atoms with van der Waals surface area (Å²) >= 11 is 7.33. The van der Waals surface area contributed by atoms with Gasteiger partial charge in [-0.25, -0.2) is 4.98 Å².